The largest absolute Gasteiger partial charge is 0.507 e. The lowest BCUT2D eigenvalue weighted by atomic mass is 10.00. The number of amides is 3. The van der Waals surface area contributed by atoms with Crippen molar-refractivity contribution in [3.63, 3.8) is 0 Å². The Labute approximate surface area is 212 Å². The van der Waals surface area contributed by atoms with Crippen LogP contribution in [0.2, 0.25) is 0 Å². The molecular formula is C29H24N2O4S. The molecule has 1 unspecified atom stereocenters. The van der Waals surface area contributed by atoms with E-state index in [0.29, 0.717) is 13.0 Å². The van der Waals surface area contributed by atoms with Crippen molar-refractivity contribution in [1.82, 2.24) is 10.2 Å². The lowest BCUT2D eigenvalue weighted by Gasteiger charge is -2.19. The second kappa shape index (κ2) is 9.87. The summed E-state index contributed by atoms with van der Waals surface area (Å²) in [7, 11) is 1.72. The molecular weight excluding hydrogens is 472 g/mol. The van der Waals surface area contributed by atoms with Crippen LogP contribution in [0.15, 0.2) is 84.9 Å². The van der Waals surface area contributed by atoms with Crippen molar-refractivity contribution >= 4 is 39.6 Å². The first-order chi connectivity index (χ1) is 17.4. The molecule has 3 amide bonds. The molecule has 4 aromatic carbocycles. The number of rotatable bonds is 6. The smallest absolute Gasteiger partial charge is 0.286 e. The first-order valence-electron chi connectivity index (χ1n) is 11.5. The number of phenols is 1. The summed E-state index contributed by atoms with van der Waals surface area (Å²) in [5, 5.41) is 13.9. The van der Waals surface area contributed by atoms with Crippen LogP contribution in [0, 0.1) is 0 Å². The Kier molecular flexibility index (Phi) is 6.48. The summed E-state index contributed by atoms with van der Waals surface area (Å²) in [6, 6.07) is 26.9. The number of hydrogen-bond donors (Lipinski definition) is 2. The fourth-order valence-electron chi connectivity index (χ4n) is 4.38. The average molecular weight is 497 g/mol. The SMILES string of the molecule is CN(Cc1cccc(-c2ccc(CC3SC(=O)NC3=O)cc2)c1)C(=O)c1cc2ccccc2cc1O. The van der Waals surface area contributed by atoms with E-state index in [2.05, 4.69) is 5.32 Å². The Balaban J connectivity index is 1.29. The van der Waals surface area contributed by atoms with Crippen molar-refractivity contribution < 1.29 is 19.5 Å². The molecule has 1 fully saturated rings. The highest BCUT2D eigenvalue weighted by molar-refractivity contribution is 8.15. The van der Waals surface area contributed by atoms with E-state index in [1.165, 1.54) is 0 Å². The topological polar surface area (TPSA) is 86.7 Å². The molecule has 5 rings (SSSR count). The first kappa shape index (κ1) is 23.6. The lowest BCUT2D eigenvalue weighted by Crippen LogP contribution is -2.26. The summed E-state index contributed by atoms with van der Waals surface area (Å²) < 4.78 is 0. The van der Waals surface area contributed by atoms with Crippen molar-refractivity contribution in [3.05, 3.63) is 102 Å². The molecule has 0 spiro atoms. The third-order valence-corrected chi connectivity index (χ3v) is 7.24. The van der Waals surface area contributed by atoms with Crippen LogP contribution in [-0.2, 0) is 17.8 Å². The Hall–Kier alpha value is -4.10. The normalized spacial score (nSPS) is 15.2. The van der Waals surface area contributed by atoms with Gasteiger partial charge in [0.25, 0.3) is 11.1 Å². The third-order valence-electron chi connectivity index (χ3n) is 6.26. The summed E-state index contributed by atoms with van der Waals surface area (Å²) in [4.78, 5) is 37.9. The maximum atomic E-state index is 13.1. The van der Waals surface area contributed by atoms with Crippen molar-refractivity contribution in [1.29, 1.82) is 0 Å². The number of carbonyl (C=O) groups excluding carboxylic acids is 3. The van der Waals surface area contributed by atoms with Crippen molar-refractivity contribution in [2.45, 2.75) is 18.2 Å². The van der Waals surface area contributed by atoms with Gasteiger partial charge in [0.05, 0.1) is 10.8 Å². The van der Waals surface area contributed by atoms with Crippen LogP contribution in [-0.4, -0.2) is 39.4 Å². The molecule has 7 heteroatoms. The fraction of sp³-hybridized carbons (Fsp3) is 0.138. The Morgan fingerprint density at radius 3 is 2.31 bits per heavy atom. The molecule has 0 aromatic heterocycles. The number of nitrogens with zero attached hydrogens (tertiary/aromatic N) is 1. The van der Waals surface area contributed by atoms with Gasteiger partial charge in [0.1, 0.15) is 5.75 Å². The third kappa shape index (κ3) is 4.97. The molecule has 2 N–H and O–H groups in total. The van der Waals surface area contributed by atoms with E-state index in [-0.39, 0.29) is 33.6 Å². The van der Waals surface area contributed by atoms with Crippen LogP contribution in [0.25, 0.3) is 21.9 Å². The molecule has 6 nitrogen and oxygen atoms in total. The van der Waals surface area contributed by atoms with Gasteiger partial charge in [-0.2, -0.15) is 0 Å². The van der Waals surface area contributed by atoms with Gasteiger partial charge in [0, 0.05) is 13.6 Å². The van der Waals surface area contributed by atoms with Crippen LogP contribution >= 0.6 is 11.8 Å². The zero-order chi connectivity index (χ0) is 25.2. The van der Waals surface area contributed by atoms with Crippen LogP contribution < -0.4 is 5.32 Å². The van der Waals surface area contributed by atoms with Gasteiger partial charge in [-0.3, -0.25) is 19.7 Å². The lowest BCUT2D eigenvalue weighted by molar-refractivity contribution is -0.118. The number of nitrogens with one attached hydrogen (secondary N) is 1. The first-order valence-corrected chi connectivity index (χ1v) is 12.4. The van der Waals surface area contributed by atoms with E-state index < -0.39 is 0 Å². The Bertz CT molecular complexity index is 1480. The van der Waals surface area contributed by atoms with Gasteiger partial charge < -0.3 is 10.0 Å². The number of imide groups is 1. The molecule has 0 bridgehead atoms. The highest BCUT2D eigenvalue weighted by atomic mass is 32.2. The molecule has 1 aliphatic heterocycles. The van der Waals surface area contributed by atoms with E-state index in [0.717, 1.165) is 44.8 Å². The van der Waals surface area contributed by atoms with Gasteiger partial charge in [-0.05, 0) is 57.6 Å². The molecule has 0 aliphatic carbocycles. The molecule has 1 atom stereocenters. The van der Waals surface area contributed by atoms with Crippen LogP contribution in [0.4, 0.5) is 4.79 Å². The maximum absolute atomic E-state index is 13.1. The van der Waals surface area contributed by atoms with E-state index in [1.54, 1.807) is 24.1 Å². The van der Waals surface area contributed by atoms with E-state index in [1.807, 2.05) is 72.8 Å². The second-order valence-electron chi connectivity index (χ2n) is 8.86. The van der Waals surface area contributed by atoms with Crippen LogP contribution in [0.3, 0.4) is 0 Å². The number of thioether (sulfide) groups is 1. The molecule has 1 heterocycles. The monoisotopic (exact) mass is 496 g/mol. The quantitative estimate of drug-likeness (QED) is 0.374. The van der Waals surface area contributed by atoms with Crippen LogP contribution in [0.5, 0.6) is 5.75 Å². The standard InChI is InChI=1S/C29H24N2O4S/c1-31(28(34)24-15-22-6-2-3-7-23(22)16-25(24)32)17-19-5-4-8-21(13-19)20-11-9-18(10-12-20)14-26-27(33)30-29(35)36-26/h2-13,15-16,26,32H,14,17H2,1H3,(H,30,33,35). The van der Waals surface area contributed by atoms with Gasteiger partial charge in [-0.15, -0.1) is 0 Å². The molecule has 1 saturated heterocycles. The summed E-state index contributed by atoms with van der Waals surface area (Å²) >= 11 is 1.03. The van der Waals surface area contributed by atoms with E-state index in [4.69, 9.17) is 0 Å². The summed E-state index contributed by atoms with van der Waals surface area (Å²) in [6.45, 7) is 0.388. The fourth-order valence-corrected chi connectivity index (χ4v) is 5.23. The van der Waals surface area contributed by atoms with Gasteiger partial charge in [0.2, 0.25) is 5.91 Å². The summed E-state index contributed by atoms with van der Waals surface area (Å²) in [5.74, 6) is -0.519. The van der Waals surface area contributed by atoms with Crippen molar-refractivity contribution in [2.75, 3.05) is 7.05 Å². The minimum Gasteiger partial charge on any atom is -0.507 e. The molecule has 1 aliphatic rings. The molecule has 4 aromatic rings. The minimum atomic E-state index is -0.387. The highest BCUT2D eigenvalue weighted by Gasteiger charge is 2.31. The van der Waals surface area contributed by atoms with Gasteiger partial charge in [-0.1, -0.05) is 78.5 Å². The molecule has 0 radical (unpaired) electrons. The van der Waals surface area contributed by atoms with Crippen LogP contribution in [0.1, 0.15) is 21.5 Å². The number of fused-ring (bicyclic) bond motifs is 1. The molecule has 0 saturated carbocycles. The summed E-state index contributed by atoms with van der Waals surface area (Å²) in [5.41, 5.74) is 4.25. The molecule has 36 heavy (non-hydrogen) atoms. The van der Waals surface area contributed by atoms with Gasteiger partial charge in [0.15, 0.2) is 0 Å². The number of carbonyl (C=O) groups is 3. The highest BCUT2D eigenvalue weighted by Crippen LogP contribution is 2.28. The zero-order valence-electron chi connectivity index (χ0n) is 19.6. The molecule has 180 valence electrons. The van der Waals surface area contributed by atoms with Crippen molar-refractivity contribution in [2.24, 2.45) is 0 Å². The second-order valence-corrected chi connectivity index (χ2v) is 10.0. The van der Waals surface area contributed by atoms with Gasteiger partial charge >= 0.3 is 0 Å². The van der Waals surface area contributed by atoms with Gasteiger partial charge in [-0.25, -0.2) is 0 Å². The number of benzene rings is 4. The van der Waals surface area contributed by atoms with E-state index in [9.17, 15) is 19.5 Å². The number of hydrogen-bond acceptors (Lipinski definition) is 5. The van der Waals surface area contributed by atoms with E-state index >= 15 is 0 Å². The Morgan fingerprint density at radius 1 is 0.889 bits per heavy atom. The number of phenolic OH excluding ortho intramolecular Hbond substituents is 1. The average Bonchev–Trinajstić information content (AvgIpc) is 3.19. The predicted molar refractivity (Wildman–Crippen MR) is 142 cm³/mol. The Morgan fingerprint density at radius 2 is 1.61 bits per heavy atom. The zero-order valence-corrected chi connectivity index (χ0v) is 20.4. The summed E-state index contributed by atoms with van der Waals surface area (Å²) in [6.07, 6.45) is 0.497. The minimum absolute atomic E-state index is 0.0303. The number of aromatic hydroxyl groups is 1. The predicted octanol–water partition coefficient (Wildman–Crippen LogP) is 5.38. The van der Waals surface area contributed by atoms with Crippen molar-refractivity contribution in [3.8, 4) is 16.9 Å². The maximum Gasteiger partial charge on any atom is 0.286 e.